The lowest BCUT2D eigenvalue weighted by atomic mass is 9.90. The van der Waals surface area contributed by atoms with Crippen LogP contribution >= 0.6 is 0 Å². The van der Waals surface area contributed by atoms with Gasteiger partial charge in [-0.1, -0.05) is 13.8 Å². The molecule has 4 atom stereocenters. The first kappa shape index (κ1) is 25.2. The van der Waals surface area contributed by atoms with Gasteiger partial charge < -0.3 is 19.9 Å². The van der Waals surface area contributed by atoms with Gasteiger partial charge in [0.25, 0.3) is 0 Å². The standard InChI is InChI=1S/C27H35N7O3S/c1-16(2)26-20-9-25(31-24-5-7-28-27(32-24)33-8-6-18-13-37-14-23(18)33)29-10-21(20)22(11-30-26)34-12-19(17(34)3)15-38(4,35)36/h5,7,9-11,16-19,23H,6,8,12-15H2,1-4H3,(H,28,29,31,32)/t17-,18?,19-,23+/m1/s1. The molecule has 0 spiro atoms. The third-order valence-corrected chi connectivity index (χ3v) is 9.26. The Balaban J connectivity index is 1.28. The zero-order valence-electron chi connectivity index (χ0n) is 22.3. The predicted molar refractivity (Wildman–Crippen MR) is 149 cm³/mol. The highest BCUT2D eigenvalue weighted by Crippen LogP contribution is 2.39. The molecule has 0 radical (unpaired) electrons. The monoisotopic (exact) mass is 537 g/mol. The normalized spacial score (nSPS) is 25.2. The SMILES string of the molecule is CC(C)c1ncc(N2C[C@H](CS(C)(=O)=O)[C@H]2C)c2cnc(Nc3ccnc(N4CCC5COC[C@@H]54)n3)cc12. The molecule has 6 heterocycles. The van der Waals surface area contributed by atoms with E-state index in [1.54, 1.807) is 6.20 Å². The molecule has 1 unspecified atom stereocenters. The molecule has 3 fully saturated rings. The Kier molecular flexibility index (Phi) is 6.38. The van der Waals surface area contributed by atoms with E-state index in [1.165, 1.54) is 6.26 Å². The number of pyridine rings is 2. The van der Waals surface area contributed by atoms with Gasteiger partial charge in [0.15, 0.2) is 0 Å². The van der Waals surface area contributed by atoms with Gasteiger partial charge in [-0.3, -0.25) is 4.98 Å². The summed E-state index contributed by atoms with van der Waals surface area (Å²) >= 11 is 0. The lowest BCUT2D eigenvalue weighted by Gasteiger charge is -2.48. The van der Waals surface area contributed by atoms with E-state index in [-0.39, 0.29) is 23.6 Å². The van der Waals surface area contributed by atoms with Gasteiger partial charge in [0.2, 0.25) is 5.95 Å². The summed E-state index contributed by atoms with van der Waals surface area (Å²) in [7, 11) is -3.01. The molecule has 0 amide bonds. The van der Waals surface area contributed by atoms with Crippen LogP contribution in [-0.2, 0) is 14.6 Å². The first-order valence-electron chi connectivity index (χ1n) is 13.4. The first-order chi connectivity index (χ1) is 18.2. The van der Waals surface area contributed by atoms with E-state index in [0.717, 1.165) is 54.3 Å². The quantitative estimate of drug-likeness (QED) is 0.481. The number of hydrogen-bond donors (Lipinski definition) is 1. The van der Waals surface area contributed by atoms with Crippen LogP contribution in [0.5, 0.6) is 0 Å². The molecule has 3 aromatic rings. The van der Waals surface area contributed by atoms with Crippen molar-refractivity contribution in [1.29, 1.82) is 0 Å². The van der Waals surface area contributed by atoms with Gasteiger partial charge in [-0.2, -0.15) is 4.98 Å². The molecule has 0 aliphatic carbocycles. The van der Waals surface area contributed by atoms with Gasteiger partial charge in [-0.25, -0.2) is 18.4 Å². The number of anilines is 4. The van der Waals surface area contributed by atoms with Crippen molar-refractivity contribution < 1.29 is 13.2 Å². The van der Waals surface area contributed by atoms with E-state index in [0.29, 0.717) is 30.1 Å². The molecule has 1 N–H and O–H groups in total. The molecule has 10 nitrogen and oxygen atoms in total. The van der Waals surface area contributed by atoms with Crippen LogP contribution in [0.3, 0.4) is 0 Å². The number of hydrogen-bond acceptors (Lipinski definition) is 10. The van der Waals surface area contributed by atoms with Crippen molar-refractivity contribution in [3.8, 4) is 0 Å². The Labute approximate surface area is 223 Å². The van der Waals surface area contributed by atoms with E-state index < -0.39 is 9.84 Å². The highest BCUT2D eigenvalue weighted by molar-refractivity contribution is 7.90. The maximum atomic E-state index is 11.8. The Morgan fingerprint density at radius 3 is 2.71 bits per heavy atom. The zero-order valence-corrected chi connectivity index (χ0v) is 23.1. The minimum atomic E-state index is -3.01. The molecule has 0 saturated carbocycles. The second-order valence-corrected chi connectivity index (χ2v) is 13.4. The average molecular weight is 538 g/mol. The molecule has 202 valence electrons. The van der Waals surface area contributed by atoms with Gasteiger partial charge in [0.05, 0.1) is 42.6 Å². The molecule has 3 aliphatic rings. The summed E-state index contributed by atoms with van der Waals surface area (Å²) in [5.74, 6) is 3.22. The van der Waals surface area contributed by atoms with E-state index in [2.05, 4.69) is 40.9 Å². The highest BCUT2D eigenvalue weighted by Gasteiger charge is 2.40. The van der Waals surface area contributed by atoms with Crippen molar-refractivity contribution in [3.05, 3.63) is 36.4 Å². The van der Waals surface area contributed by atoms with Gasteiger partial charge in [0.1, 0.15) is 21.5 Å². The smallest absolute Gasteiger partial charge is 0.227 e. The van der Waals surface area contributed by atoms with Gasteiger partial charge in [-0.15, -0.1) is 0 Å². The molecule has 3 aromatic heterocycles. The molecular weight excluding hydrogens is 502 g/mol. The molecule has 6 rings (SSSR count). The molecular formula is C27H35N7O3S. The van der Waals surface area contributed by atoms with E-state index in [4.69, 9.17) is 19.7 Å². The maximum absolute atomic E-state index is 11.8. The topological polar surface area (TPSA) is 113 Å². The van der Waals surface area contributed by atoms with Crippen LogP contribution < -0.4 is 15.1 Å². The Morgan fingerprint density at radius 1 is 1.11 bits per heavy atom. The lowest BCUT2D eigenvalue weighted by Crippen LogP contribution is -2.57. The summed E-state index contributed by atoms with van der Waals surface area (Å²) in [4.78, 5) is 23.4. The first-order valence-corrected chi connectivity index (χ1v) is 15.4. The number of rotatable bonds is 7. The Morgan fingerprint density at radius 2 is 1.95 bits per heavy atom. The van der Waals surface area contributed by atoms with Crippen LogP contribution in [0.4, 0.5) is 23.3 Å². The summed E-state index contributed by atoms with van der Waals surface area (Å²) < 4.78 is 29.3. The van der Waals surface area contributed by atoms with Crippen molar-refractivity contribution >= 4 is 43.9 Å². The van der Waals surface area contributed by atoms with Crippen LogP contribution in [0.2, 0.25) is 0 Å². The Hall–Kier alpha value is -3.05. The summed E-state index contributed by atoms with van der Waals surface area (Å²) in [6.07, 6.45) is 8.00. The number of fused-ring (bicyclic) bond motifs is 2. The van der Waals surface area contributed by atoms with Crippen LogP contribution in [-0.4, -0.2) is 78.7 Å². The number of nitrogens with zero attached hydrogens (tertiary/aromatic N) is 6. The minimum absolute atomic E-state index is 0.118. The minimum Gasteiger partial charge on any atom is -0.379 e. The number of sulfone groups is 1. The Bertz CT molecular complexity index is 1460. The summed E-state index contributed by atoms with van der Waals surface area (Å²) in [6, 6.07) is 4.36. The van der Waals surface area contributed by atoms with Gasteiger partial charge >= 0.3 is 0 Å². The summed E-state index contributed by atoms with van der Waals surface area (Å²) in [5, 5.41) is 5.43. The van der Waals surface area contributed by atoms with Crippen LogP contribution in [0.1, 0.15) is 38.8 Å². The second-order valence-electron chi connectivity index (χ2n) is 11.3. The van der Waals surface area contributed by atoms with E-state index >= 15 is 0 Å². The van der Waals surface area contributed by atoms with Crippen molar-refractivity contribution in [3.63, 3.8) is 0 Å². The third kappa shape index (κ3) is 4.66. The van der Waals surface area contributed by atoms with Crippen molar-refractivity contribution in [2.24, 2.45) is 11.8 Å². The highest BCUT2D eigenvalue weighted by atomic mass is 32.2. The molecule has 3 saturated heterocycles. The summed E-state index contributed by atoms with van der Waals surface area (Å²) in [6.45, 7) is 9.55. The number of ether oxygens (including phenoxy) is 1. The van der Waals surface area contributed by atoms with Crippen LogP contribution in [0.15, 0.2) is 30.7 Å². The van der Waals surface area contributed by atoms with Crippen molar-refractivity contribution in [2.75, 3.05) is 53.4 Å². The molecule has 0 aromatic carbocycles. The van der Waals surface area contributed by atoms with E-state index in [9.17, 15) is 8.42 Å². The molecule has 38 heavy (non-hydrogen) atoms. The second kappa shape index (κ2) is 9.60. The molecule has 0 bridgehead atoms. The third-order valence-electron chi connectivity index (χ3n) is 8.22. The fraction of sp³-hybridized carbons (Fsp3) is 0.556. The average Bonchev–Trinajstić information content (AvgIpc) is 3.49. The number of aromatic nitrogens is 4. The van der Waals surface area contributed by atoms with Gasteiger partial charge in [-0.05, 0) is 31.4 Å². The van der Waals surface area contributed by atoms with Crippen LogP contribution in [0, 0.1) is 11.8 Å². The fourth-order valence-corrected chi connectivity index (χ4v) is 7.26. The maximum Gasteiger partial charge on any atom is 0.227 e. The number of nitrogens with one attached hydrogen (secondary N) is 1. The zero-order chi connectivity index (χ0) is 26.6. The lowest BCUT2D eigenvalue weighted by molar-refractivity contribution is 0.179. The predicted octanol–water partition coefficient (Wildman–Crippen LogP) is 3.38. The van der Waals surface area contributed by atoms with Crippen LogP contribution in [0.25, 0.3) is 10.8 Å². The van der Waals surface area contributed by atoms with Gasteiger partial charge in [0, 0.05) is 60.4 Å². The van der Waals surface area contributed by atoms with E-state index in [1.807, 2.05) is 24.5 Å². The molecule has 11 heteroatoms. The fourth-order valence-electron chi connectivity index (χ4n) is 6.10. The largest absolute Gasteiger partial charge is 0.379 e. The van der Waals surface area contributed by atoms with Crippen molar-refractivity contribution in [2.45, 2.75) is 45.2 Å². The summed E-state index contributed by atoms with van der Waals surface area (Å²) in [5.41, 5.74) is 2.00. The van der Waals surface area contributed by atoms with Crippen molar-refractivity contribution in [1.82, 2.24) is 19.9 Å². The molecule has 3 aliphatic heterocycles.